The summed E-state index contributed by atoms with van der Waals surface area (Å²) in [7, 11) is 1.75. The number of methoxy groups -OCH3 is 1. The fraction of sp³-hybridized carbons (Fsp3) is 0.719. The number of hydrogen-bond acceptors (Lipinski definition) is 4. The molecule has 2 fully saturated rings. The van der Waals surface area contributed by atoms with Crippen LogP contribution in [-0.2, 0) is 20.6 Å². The van der Waals surface area contributed by atoms with Crippen molar-refractivity contribution in [1.82, 2.24) is 0 Å². The van der Waals surface area contributed by atoms with Gasteiger partial charge in [-0.25, -0.2) is 4.79 Å². The molecule has 3 rings (SSSR count). The Kier molecular flexibility index (Phi) is 13.6. The van der Waals surface area contributed by atoms with Crippen molar-refractivity contribution in [1.29, 1.82) is 0 Å². The number of carbonyl (C=O) groups excluding carboxylic acids is 1. The second kappa shape index (κ2) is 17.0. The molecule has 1 aromatic rings. The molecule has 0 aliphatic heterocycles. The summed E-state index contributed by atoms with van der Waals surface area (Å²) in [6.45, 7) is 4.02. The van der Waals surface area contributed by atoms with Crippen LogP contribution < -0.4 is 0 Å². The third kappa shape index (κ3) is 10.8. The molecule has 0 bridgehead atoms. The smallest absolute Gasteiger partial charge is 0.338 e. The van der Waals surface area contributed by atoms with Gasteiger partial charge in [-0.05, 0) is 100 Å². The monoisotopic (exact) mass is 498 g/mol. The standard InChI is InChI=1S/C32H50O4/c1-3-4-5-6-9-24-35-30-20-14-27(15-21-30)11-8-7-10-26-12-18-29(19-13-26)32(33)36-31-22-16-28(17-23-31)25-34-2/h8,11-13,18-19,27-28,30-31H,3-7,9-10,14-17,20-25H2,1-2H3. The van der Waals surface area contributed by atoms with E-state index in [1.54, 1.807) is 7.11 Å². The second-order valence-corrected chi connectivity index (χ2v) is 11.0. The predicted molar refractivity (Wildman–Crippen MR) is 147 cm³/mol. The van der Waals surface area contributed by atoms with E-state index >= 15 is 0 Å². The second-order valence-electron chi connectivity index (χ2n) is 11.0. The van der Waals surface area contributed by atoms with Gasteiger partial charge in [0.05, 0.1) is 11.7 Å². The maximum absolute atomic E-state index is 12.5. The van der Waals surface area contributed by atoms with Gasteiger partial charge in [-0.3, -0.25) is 0 Å². The third-order valence-corrected chi connectivity index (χ3v) is 7.99. The first kappa shape index (κ1) is 28.9. The van der Waals surface area contributed by atoms with E-state index in [0.29, 0.717) is 23.5 Å². The first-order valence-electron chi connectivity index (χ1n) is 14.7. The van der Waals surface area contributed by atoms with E-state index in [0.717, 1.165) is 51.7 Å². The largest absolute Gasteiger partial charge is 0.459 e. The summed E-state index contributed by atoms with van der Waals surface area (Å²) in [6.07, 6.45) is 22.9. The van der Waals surface area contributed by atoms with E-state index in [9.17, 15) is 4.79 Å². The third-order valence-electron chi connectivity index (χ3n) is 7.99. The highest BCUT2D eigenvalue weighted by atomic mass is 16.5. The molecular weight excluding hydrogens is 448 g/mol. The van der Waals surface area contributed by atoms with E-state index in [4.69, 9.17) is 14.2 Å². The minimum absolute atomic E-state index is 0.0487. The first-order chi connectivity index (χ1) is 17.7. The number of carbonyl (C=O) groups is 1. The fourth-order valence-corrected chi connectivity index (χ4v) is 5.62. The van der Waals surface area contributed by atoms with Crippen LogP contribution in [0.2, 0.25) is 0 Å². The summed E-state index contributed by atoms with van der Waals surface area (Å²) in [6, 6.07) is 7.99. The number of benzene rings is 1. The zero-order chi connectivity index (χ0) is 25.4. The lowest BCUT2D eigenvalue weighted by atomic mass is 9.87. The molecule has 202 valence electrons. The van der Waals surface area contributed by atoms with Crippen molar-refractivity contribution in [2.24, 2.45) is 11.8 Å². The average Bonchev–Trinajstić information content (AvgIpc) is 2.91. The summed E-state index contributed by atoms with van der Waals surface area (Å²) in [4.78, 5) is 12.5. The number of unbranched alkanes of at least 4 members (excludes halogenated alkanes) is 4. The number of allylic oxidation sites excluding steroid dienone is 2. The van der Waals surface area contributed by atoms with Crippen LogP contribution in [0.15, 0.2) is 36.4 Å². The zero-order valence-electron chi connectivity index (χ0n) is 22.9. The summed E-state index contributed by atoms with van der Waals surface area (Å²) in [5.41, 5.74) is 1.93. The Morgan fingerprint density at radius 1 is 0.889 bits per heavy atom. The minimum Gasteiger partial charge on any atom is -0.459 e. The summed E-state index contributed by atoms with van der Waals surface area (Å²) in [5.74, 6) is 1.13. The molecule has 2 aliphatic rings. The van der Waals surface area contributed by atoms with Crippen molar-refractivity contribution in [3.05, 3.63) is 47.5 Å². The van der Waals surface area contributed by atoms with Crippen molar-refractivity contribution in [2.45, 2.75) is 115 Å². The Morgan fingerprint density at radius 3 is 2.28 bits per heavy atom. The van der Waals surface area contributed by atoms with Crippen LogP contribution in [-0.4, -0.2) is 38.5 Å². The van der Waals surface area contributed by atoms with Gasteiger partial charge in [0.2, 0.25) is 0 Å². The molecule has 0 atom stereocenters. The van der Waals surface area contributed by atoms with Crippen LogP contribution in [0.4, 0.5) is 0 Å². The summed E-state index contributed by atoms with van der Waals surface area (Å²) < 4.78 is 17.1. The molecule has 0 aromatic heterocycles. The van der Waals surface area contributed by atoms with Crippen LogP contribution in [0.25, 0.3) is 0 Å². The van der Waals surface area contributed by atoms with E-state index in [1.807, 2.05) is 12.1 Å². The molecule has 4 nitrogen and oxygen atoms in total. The number of hydrogen-bond donors (Lipinski definition) is 0. The zero-order valence-corrected chi connectivity index (χ0v) is 22.9. The molecule has 0 amide bonds. The van der Waals surface area contributed by atoms with Gasteiger partial charge in [0.15, 0.2) is 0 Å². The maximum Gasteiger partial charge on any atom is 0.338 e. The highest BCUT2D eigenvalue weighted by molar-refractivity contribution is 5.89. The van der Waals surface area contributed by atoms with Gasteiger partial charge in [-0.15, -0.1) is 0 Å². The summed E-state index contributed by atoms with van der Waals surface area (Å²) >= 11 is 0. The Balaban J connectivity index is 1.26. The lowest BCUT2D eigenvalue weighted by Crippen LogP contribution is -2.26. The maximum atomic E-state index is 12.5. The van der Waals surface area contributed by atoms with Crippen LogP contribution >= 0.6 is 0 Å². The SMILES string of the molecule is CCCCCCCOC1CCC(C=CCCc2ccc(C(=O)OC3CCC(COC)CC3)cc2)CC1. The van der Waals surface area contributed by atoms with Gasteiger partial charge in [0.25, 0.3) is 0 Å². The van der Waals surface area contributed by atoms with Gasteiger partial charge in [-0.2, -0.15) is 0 Å². The minimum atomic E-state index is -0.187. The van der Waals surface area contributed by atoms with Gasteiger partial charge in [0, 0.05) is 20.3 Å². The fourth-order valence-electron chi connectivity index (χ4n) is 5.62. The number of rotatable bonds is 15. The van der Waals surface area contributed by atoms with Gasteiger partial charge in [0.1, 0.15) is 6.10 Å². The Bertz CT molecular complexity index is 740. The van der Waals surface area contributed by atoms with E-state index < -0.39 is 0 Å². The average molecular weight is 499 g/mol. The predicted octanol–water partition coefficient (Wildman–Crippen LogP) is 8.08. The van der Waals surface area contributed by atoms with Crippen LogP contribution in [0, 0.1) is 11.8 Å². The first-order valence-corrected chi connectivity index (χ1v) is 14.7. The molecule has 0 spiro atoms. The van der Waals surface area contributed by atoms with E-state index in [2.05, 4.69) is 31.2 Å². The Hall–Kier alpha value is -1.65. The van der Waals surface area contributed by atoms with Gasteiger partial charge >= 0.3 is 5.97 Å². The number of ether oxygens (including phenoxy) is 3. The molecule has 0 saturated heterocycles. The van der Waals surface area contributed by atoms with Crippen LogP contribution in [0.3, 0.4) is 0 Å². The summed E-state index contributed by atoms with van der Waals surface area (Å²) in [5, 5.41) is 0. The van der Waals surface area contributed by atoms with Crippen molar-refractivity contribution >= 4 is 5.97 Å². The molecule has 0 unspecified atom stereocenters. The molecule has 0 N–H and O–H groups in total. The van der Waals surface area contributed by atoms with E-state index in [-0.39, 0.29) is 12.1 Å². The van der Waals surface area contributed by atoms with Crippen molar-refractivity contribution in [2.75, 3.05) is 20.3 Å². The molecular formula is C32H50O4. The van der Waals surface area contributed by atoms with E-state index in [1.165, 1.54) is 63.4 Å². The Labute approximate surface area is 220 Å². The molecule has 36 heavy (non-hydrogen) atoms. The van der Waals surface area contributed by atoms with Crippen molar-refractivity contribution in [3.8, 4) is 0 Å². The highest BCUT2D eigenvalue weighted by Crippen LogP contribution is 2.28. The van der Waals surface area contributed by atoms with Crippen LogP contribution in [0.5, 0.6) is 0 Å². The molecule has 2 aliphatic carbocycles. The lowest BCUT2D eigenvalue weighted by molar-refractivity contribution is 0.0112. The number of esters is 1. The van der Waals surface area contributed by atoms with Crippen molar-refractivity contribution < 1.29 is 19.0 Å². The van der Waals surface area contributed by atoms with Crippen LogP contribution in [0.1, 0.15) is 113 Å². The quantitative estimate of drug-likeness (QED) is 0.139. The molecule has 1 aromatic carbocycles. The molecule has 2 saturated carbocycles. The van der Waals surface area contributed by atoms with Crippen molar-refractivity contribution in [3.63, 3.8) is 0 Å². The topological polar surface area (TPSA) is 44.8 Å². The molecule has 0 heterocycles. The van der Waals surface area contributed by atoms with Gasteiger partial charge in [-0.1, -0.05) is 56.9 Å². The number of aryl methyl sites for hydroxylation is 1. The molecule has 0 radical (unpaired) electrons. The molecule has 4 heteroatoms. The lowest BCUT2D eigenvalue weighted by Gasteiger charge is -2.27. The Morgan fingerprint density at radius 2 is 1.58 bits per heavy atom. The normalized spacial score (nSPS) is 24.7. The highest BCUT2D eigenvalue weighted by Gasteiger charge is 2.24. The van der Waals surface area contributed by atoms with Gasteiger partial charge < -0.3 is 14.2 Å².